The number of aryl methyl sites for hydroxylation is 1. The summed E-state index contributed by atoms with van der Waals surface area (Å²) < 4.78 is 11.7. The van der Waals surface area contributed by atoms with E-state index in [4.69, 9.17) is 20.9 Å². The van der Waals surface area contributed by atoms with Crippen molar-refractivity contribution >= 4 is 27.5 Å². The summed E-state index contributed by atoms with van der Waals surface area (Å²) in [6, 6.07) is 13.3. The standard InChI is InChI=1S/C16H12BrClN2O2/c1-10-2-4-11(5-3-10)16-19-15(22-20-16)9-21-14-7-6-12(17)8-13(14)18/h2-8H,9H2,1H3. The number of halogens is 2. The maximum absolute atomic E-state index is 6.09. The molecule has 0 atom stereocenters. The minimum atomic E-state index is 0.167. The van der Waals surface area contributed by atoms with Crippen LogP contribution in [0.1, 0.15) is 11.5 Å². The van der Waals surface area contributed by atoms with Crippen LogP contribution in [0.4, 0.5) is 0 Å². The second kappa shape index (κ2) is 6.50. The molecule has 0 spiro atoms. The van der Waals surface area contributed by atoms with Gasteiger partial charge in [0.1, 0.15) is 5.75 Å². The molecule has 0 bridgehead atoms. The highest BCUT2D eigenvalue weighted by Gasteiger charge is 2.10. The first kappa shape index (κ1) is 15.1. The lowest BCUT2D eigenvalue weighted by Gasteiger charge is -2.05. The van der Waals surface area contributed by atoms with Crippen LogP contribution >= 0.6 is 27.5 Å². The van der Waals surface area contributed by atoms with Gasteiger partial charge in [-0.15, -0.1) is 0 Å². The van der Waals surface area contributed by atoms with Crippen molar-refractivity contribution < 1.29 is 9.26 Å². The SMILES string of the molecule is Cc1ccc(-c2noc(COc3ccc(Br)cc3Cl)n2)cc1. The molecule has 3 aromatic rings. The van der Waals surface area contributed by atoms with Gasteiger partial charge in [-0.1, -0.05) is 62.5 Å². The number of benzene rings is 2. The third-order valence-corrected chi connectivity index (χ3v) is 3.81. The van der Waals surface area contributed by atoms with Crippen LogP contribution in [0.5, 0.6) is 5.75 Å². The summed E-state index contributed by atoms with van der Waals surface area (Å²) in [5, 5.41) is 4.48. The van der Waals surface area contributed by atoms with Crippen molar-refractivity contribution in [3.05, 3.63) is 63.4 Å². The highest BCUT2D eigenvalue weighted by molar-refractivity contribution is 9.10. The fourth-order valence-electron chi connectivity index (χ4n) is 1.87. The van der Waals surface area contributed by atoms with E-state index in [2.05, 4.69) is 26.1 Å². The quantitative estimate of drug-likeness (QED) is 0.637. The van der Waals surface area contributed by atoms with Gasteiger partial charge in [0.05, 0.1) is 5.02 Å². The fourth-order valence-corrected chi connectivity index (χ4v) is 2.59. The Morgan fingerprint density at radius 3 is 2.68 bits per heavy atom. The largest absolute Gasteiger partial charge is 0.482 e. The Morgan fingerprint density at radius 2 is 1.95 bits per heavy atom. The summed E-state index contributed by atoms with van der Waals surface area (Å²) in [4.78, 5) is 4.32. The molecule has 2 aromatic carbocycles. The van der Waals surface area contributed by atoms with E-state index in [1.807, 2.05) is 37.3 Å². The molecule has 0 unspecified atom stereocenters. The van der Waals surface area contributed by atoms with Crippen molar-refractivity contribution in [2.45, 2.75) is 13.5 Å². The molecule has 0 fully saturated rings. The zero-order valence-electron chi connectivity index (χ0n) is 11.7. The molecule has 0 aliphatic heterocycles. The average molecular weight is 380 g/mol. The molecule has 3 rings (SSSR count). The number of hydrogen-bond acceptors (Lipinski definition) is 4. The second-order valence-electron chi connectivity index (χ2n) is 4.74. The highest BCUT2D eigenvalue weighted by atomic mass is 79.9. The topological polar surface area (TPSA) is 48.2 Å². The molecule has 0 aliphatic rings. The molecular weight excluding hydrogens is 368 g/mol. The highest BCUT2D eigenvalue weighted by Crippen LogP contribution is 2.28. The first-order valence-electron chi connectivity index (χ1n) is 6.59. The molecule has 0 amide bonds. The second-order valence-corrected chi connectivity index (χ2v) is 6.06. The van der Waals surface area contributed by atoms with Crippen LogP contribution in [0.3, 0.4) is 0 Å². The molecule has 0 radical (unpaired) electrons. The molecule has 0 aliphatic carbocycles. The lowest BCUT2D eigenvalue weighted by molar-refractivity contribution is 0.243. The van der Waals surface area contributed by atoms with Gasteiger partial charge >= 0.3 is 0 Å². The minimum Gasteiger partial charge on any atom is -0.482 e. The Labute approximate surface area is 141 Å². The Hall–Kier alpha value is -1.85. The predicted molar refractivity (Wildman–Crippen MR) is 88.0 cm³/mol. The minimum absolute atomic E-state index is 0.167. The zero-order chi connectivity index (χ0) is 15.5. The van der Waals surface area contributed by atoms with E-state index in [9.17, 15) is 0 Å². The van der Waals surface area contributed by atoms with Crippen molar-refractivity contribution in [1.29, 1.82) is 0 Å². The summed E-state index contributed by atoms with van der Waals surface area (Å²) in [5.74, 6) is 1.51. The van der Waals surface area contributed by atoms with E-state index in [1.54, 1.807) is 12.1 Å². The van der Waals surface area contributed by atoms with Gasteiger partial charge in [0.25, 0.3) is 5.89 Å². The van der Waals surface area contributed by atoms with Gasteiger partial charge in [-0.25, -0.2) is 0 Å². The molecule has 112 valence electrons. The van der Waals surface area contributed by atoms with Crippen LogP contribution < -0.4 is 4.74 Å². The Bertz CT molecular complexity index is 787. The maximum atomic E-state index is 6.09. The van der Waals surface area contributed by atoms with E-state index in [0.717, 1.165) is 10.0 Å². The van der Waals surface area contributed by atoms with Crippen molar-refractivity contribution in [2.75, 3.05) is 0 Å². The van der Waals surface area contributed by atoms with Crippen molar-refractivity contribution in [3.63, 3.8) is 0 Å². The van der Waals surface area contributed by atoms with E-state index in [0.29, 0.717) is 22.5 Å². The van der Waals surface area contributed by atoms with Crippen molar-refractivity contribution in [1.82, 2.24) is 10.1 Å². The van der Waals surface area contributed by atoms with Crippen molar-refractivity contribution in [2.24, 2.45) is 0 Å². The molecule has 1 aromatic heterocycles. The fraction of sp³-hybridized carbons (Fsp3) is 0.125. The van der Waals surface area contributed by atoms with Gasteiger partial charge in [-0.2, -0.15) is 4.98 Å². The van der Waals surface area contributed by atoms with Crippen LogP contribution in [0.25, 0.3) is 11.4 Å². The Morgan fingerprint density at radius 1 is 1.18 bits per heavy atom. The smallest absolute Gasteiger partial charge is 0.264 e. The van der Waals surface area contributed by atoms with E-state index < -0.39 is 0 Å². The first-order valence-corrected chi connectivity index (χ1v) is 7.76. The Balaban J connectivity index is 1.70. The number of nitrogens with zero attached hydrogens (tertiary/aromatic N) is 2. The van der Waals surface area contributed by atoms with E-state index in [-0.39, 0.29) is 6.61 Å². The summed E-state index contributed by atoms with van der Waals surface area (Å²) >= 11 is 9.44. The number of ether oxygens (including phenoxy) is 1. The van der Waals surface area contributed by atoms with Crippen LogP contribution in [0.15, 0.2) is 51.5 Å². The van der Waals surface area contributed by atoms with Gasteiger partial charge in [-0.05, 0) is 25.1 Å². The van der Waals surface area contributed by atoms with Crippen LogP contribution in [0.2, 0.25) is 5.02 Å². The molecule has 1 heterocycles. The van der Waals surface area contributed by atoms with Gasteiger partial charge in [0, 0.05) is 10.0 Å². The number of rotatable bonds is 4. The monoisotopic (exact) mass is 378 g/mol. The maximum Gasteiger partial charge on any atom is 0.264 e. The molecule has 6 heteroatoms. The molecular formula is C16H12BrClN2O2. The third-order valence-electron chi connectivity index (χ3n) is 3.02. The van der Waals surface area contributed by atoms with Gasteiger partial charge in [-0.3, -0.25) is 0 Å². The third kappa shape index (κ3) is 3.48. The molecule has 0 saturated carbocycles. The van der Waals surface area contributed by atoms with E-state index in [1.165, 1.54) is 5.56 Å². The van der Waals surface area contributed by atoms with Crippen LogP contribution in [-0.4, -0.2) is 10.1 Å². The number of aromatic nitrogens is 2. The molecule has 4 nitrogen and oxygen atoms in total. The zero-order valence-corrected chi connectivity index (χ0v) is 14.1. The lowest BCUT2D eigenvalue weighted by Crippen LogP contribution is -1.96. The van der Waals surface area contributed by atoms with E-state index >= 15 is 0 Å². The number of hydrogen-bond donors (Lipinski definition) is 0. The molecule has 0 N–H and O–H groups in total. The summed E-state index contributed by atoms with van der Waals surface area (Å²) in [5.41, 5.74) is 2.09. The summed E-state index contributed by atoms with van der Waals surface area (Å²) in [6.45, 7) is 2.20. The van der Waals surface area contributed by atoms with Gasteiger partial charge in [0.2, 0.25) is 5.82 Å². The lowest BCUT2D eigenvalue weighted by atomic mass is 10.1. The van der Waals surface area contributed by atoms with Crippen LogP contribution in [-0.2, 0) is 6.61 Å². The summed E-state index contributed by atoms with van der Waals surface area (Å²) in [7, 11) is 0. The normalized spacial score (nSPS) is 10.7. The van der Waals surface area contributed by atoms with Gasteiger partial charge < -0.3 is 9.26 Å². The predicted octanol–water partition coefficient (Wildman–Crippen LogP) is 5.04. The van der Waals surface area contributed by atoms with Crippen LogP contribution in [0, 0.1) is 6.92 Å². The Kier molecular flexibility index (Phi) is 4.45. The average Bonchev–Trinajstić information content (AvgIpc) is 2.96. The summed E-state index contributed by atoms with van der Waals surface area (Å²) in [6.07, 6.45) is 0. The van der Waals surface area contributed by atoms with Crippen molar-refractivity contribution in [3.8, 4) is 17.1 Å². The van der Waals surface area contributed by atoms with Gasteiger partial charge in [0.15, 0.2) is 6.61 Å². The first-order chi connectivity index (χ1) is 10.6. The molecule has 0 saturated heterocycles. The molecule has 22 heavy (non-hydrogen) atoms.